The van der Waals surface area contributed by atoms with Crippen LogP contribution in [0.25, 0.3) is 0 Å². The molecule has 0 spiro atoms. The van der Waals surface area contributed by atoms with Crippen molar-refractivity contribution in [3.63, 3.8) is 0 Å². The molecule has 0 aromatic carbocycles. The molecule has 0 atom stereocenters. The fourth-order valence-electron chi connectivity index (χ4n) is 2.08. The van der Waals surface area contributed by atoms with Gasteiger partial charge < -0.3 is 9.64 Å². The van der Waals surface area contributed by atoms with Gasteiger partial charge in [-0.2, -0.15) is 0 Å². The average Bonchev–Trinajstić information content (AvgIpc) is 2.40. The Labute approximate surface area is 111 Å². The van der Waals surface area contributed by atoms with Gasteiger partial charge in [-0.3, -0.25) is 4.90 Å². The van der Waals surface area contributed by atoms with Crippen molar-refractivity contribution in [1.29, 1.82) is 0 Å². The third-order valence-corrected chi connectivity index (χ3v) is 3.01. The molecule has 2 heterocycles. The lowest BCUT2D eigenvalue weighted by atomic mass is 10.3. The first-order valence-electron chi connectivity index (χ1n) is 6.39. The molecule has 0 unspecified atom stereocenters. The van der Waals surface area contributed by atoms with Crippen LogP contribution in [0.3, 0.4) is 0 Å². The van der Waals surface area contributed by atoms with Crippen LogP contribution in [0, 0.1) is 0 Å². The van der Waals surface area contributed by atoms with E-state index in [9.17, 15) is 8.78 Å². The Morgan fingerprint density at radius 3 is 2.63 bits per heavy atom. The molecular formula is C12H18F2N4O. The standard InChI is InChI=1S/C12H18F2N4O/c1-2-19-12-7-11(15-9-16-12)18-5-3-17(4-6-18)8-10(13)14/h7,9-10H,2-6,8H2,1H3. The monoisotopic (exact) mass is 272 g/mol. The summed E-state index contributed by atoms with van der Waals surface area (Å²) < 4.78 is 29.9. The van der Waals surface area contributed by atoms with E-state index in [4.69, 9.17) is 4.74 Å². The average molecular weight is 272 g/mol. The van der Waals surface area contributed by atoms with Crippen molar-refractivity contribution in [2.45, 2.75) is 13.3 Å². The molecule has 1 aliphatic heterocycles. The number of piperazine rings is 1. The number of aromatic nitrogens is 2. The summed E-state index contributed by atoms with van der Waals surface area (Å²) in [7, 11) is 0. The smallest absolute Gasteiger partial charge is 0.251 e. The molecule has 5 nitrogen and oxygen atoms in total. The van der Waals surface area contributed by atoms with Crippen LogP contribution >= 0.6 is 0 Å². The highest BCUT2D eigenvalue weighted by Gasteiger charge is 2.20. The topological polar surface area (TPSA) is 41.5 Å². The number of hydrogen-bond acceptors (Lipinski definition) is 5. The summed E-state index contributed by atoms with van der Waals surface area (Å²) in [6.45, 7) is 4.92. The molecule has 0 bridgehead atoms. The Kier molecular flexibility index (Phi) is 4.84. The van der Waals surface area contributed by atoms with Crippen LogP contribution in [-0.2, 0) is 0 Å². The van der Waals surface area contributed by atoms with E-state index in [1.165, 1.54) is 6.33 Å². The fourth-order valence-corrected chi connectivity index (χ4v) is 2.08. The zero-order valence-electron chi connectivity index (χ0n) is 10.9. The van der Waals surface area contributed by atoms with Gasteiger partial charge >= 0.3 is 0 Å². The van der Waals surface area contributed by atoms with Crippen LogP contribution < -0.4 is 9.64 Å². The van der Waals surface area contributed by atoms with Crippen molar-refractivity contribution >= 4 is 5.82 Å². The molecule has 1 saturated heterocycles. The van der Waals surface area contributed by atoms with E-state index < -0.39 is 6.43 Å². The fraction of sp³-hybridized carbons (Fsp3) is 0.667. The Bertz CT molecular complexity index is 397. The number of halogens is 2. The van der Waals surface area contributed by atoms with Gasteiger partial charge in [-0.05, 0) is 6.92 Å². The molecular weight excluding hydrogens is 254 g/mol. The molecule has 1 aromatic heterocycles. The SMILES string of the molecule is CCOc1cc(N2CCN(CC(F)F)CC2)ncn1. The lowest BCUT2D eigenvalue weighted by Crippen LogP contribution is -2.48. The molecule has 1 aliphatic rings. The molecule has 7 heteroatoms. The first-order valence-corrected chi connectivity index (χ1v) is 6.39. The van der Waals surface area contributed by atoms with Crippen molar-refractivity contribution in [2.24, 2.45) is 0 Å². The number of rotatable bonds is 5. The number of nitrogens with zero attached hydrogens (tertiary/aromatic N) is 4. The van der Waals surface area contributed by atoms with Crippen molar-refractivity contribution in [3.8, 4) is 5.88 Å². The Morgan fingerprint density at radius 1 is 1.26 bits per heavy atom. The van der Waals surface area contributed by atoms with E-state index in [-0.39, 0.29) is 6.54 Å². The highest BCUT2D eigenvalue weighted by molar-refractivity contribution is 5.41. The normalized spacial score (nSPS) is 16.9. The second-order valence-corrected chi connectivity index (χ2v) is 4.33. The largest absolute Gasteiger partial charge is 0.478 e. The maximum absolute atomic E-state index is 12.3. The third-order valence-electron chi connectivity index (χ3n) is 3.01. The van der Waals surface area contributed by atoms with E-state index >= 15 is 0 Å². The molecule has 0 N–H and O–H groups in total. The molecule has 0 saturated carbocycles. The summed E-state index contributed by atoms with van der Waals surface area (Å²) in [5.74, 6) is 1.33. The first-order chi connectivity index (χ1) is 9.19. The zero-order valence-corrected chi connectivity index (χ0v) is 10.9. The van der Waals surface area contributed by atoms with Crippen LogP contribution in [0.15, 0.2) is 12.4 Å². The van der Waals surface area contributed by atoms with Crippen molar-refractivity contribution in [1.82, 2.24) is 14.9 Å². The minimum Gasteiger partial charge on any atom is -0.478 e. The van der Waals surface area contributed by atoms with E-state index in [0.29, 0.717) is 38.7 Å². The number of hydrogen-bond donors (Lipinski definition) is 0. The van der Waals surface area contributed by atoms with Crippen molar-refractivity contribution in [3.05, 3.63) is 12.4 Å². The molecule has 1 aromatic rings. The molecule has 1 fully saturated rings. The molecule has 2 rings (SSSR count). The molecule has 0 amide bonds. The summed E-state index contributed by atoms with van der Waals surface area (Å²) in [4.78, 5) is 12.0. The summed E-state index contributed by atoms with van der Waals surface area (Å²) in [5, 5.41) is 0. The van der Waals surface area contributed by atoms with Crippen LogP contribution in [0.5, 0.6) is 5.88 Å². The number of ether oxygens (including phenoxy) is 1. The van der Waals surface area contributed by atoms with Gasteiger partial charge in [0.15, 0.2) is 0 Å². The summed E-state index contributed by atoms with van der Waals surface area (Å²) in [6.07, 6.45) is -0.804. The minimum atomic E-state index is -2.27. The van der Waals surface area contributed by atoms with Crippen molar-refractivity contribution in [2.75, 3.05) is 44.2 Å². The third kappa shape index (κ3) is 3.99. The Morgan fingerprint density at radius 2 is 2.00 bits per heavy atom. The van der Waals surface area contributed by atoms with E-state index in [2.05, 4.69) is 14.9 Å². The van der Waals surface area contributed by atoms with Gasteiger partial charge in [0.2, 0.25) is 5.88 Å². The molecule has 0 radical (unpaired) electrons. The highest BCUT2D eigenvalue weighted by Crippen LogP contribution is 2.17. The van der Waals surface area contributed by atoms with Crippen molar-refractivity contribution < 1.29 is 13.5 Å². The molecule has 0 aliphatic carbocycles. The first kappa shape index (κ1) is 13.9. The van der Waals surface area contributed by atoms with Gasteiger partial charge in [0.1, 0.15) is 12.1 Å². The Hall–Kier alpha value is -1.50. The molecule has 106 valence electrons. The van der Waals surface area contributed by atoms with Gasteiger partial charge in [-0.25, -0.2) is 18.7 Å². The second-order valence-electron chi connectivity index (χ2n) is 4.33. The second kappa shape index (κ2) is 6.60. The van der Waals surface area contributed by atoms with Gasteiger partial charge in [0, 0.05) is 32.2 Å². The summed E-state index contributed by atoms with van der Waals surface area (Å²) in [6, 6.07) is 1.78. The predicted octanol–water partition coefficient (Wildman–Crippen LogP) is 1.26. The van der Waals surface area contributed by atoms with Crippen LogP contribution in [-0.4, -0.2) is 60.6 Å². The maximum Gasteiger partial charge on any atom is 0.251 e. The van der Waals surface area contributed by atoms with Gasteiger partial charge in [-0.1, -0.05) is 0 Å². The van der Waals surface area contributed by atoms with Crippen LogP contribution in [0.1, 0.15) is 6.92 Å². The van der Waals surface area contributed by atoms with Crippen LogP contribution in [0.2, 0.25) is 0 Å². The lowest BCUT2D eigenvalue weighted by molar-refractivity contribution is 0.0853. The van der Waals surface area contributed by atoms with E-state index in [1.54, 1.807) is 11.0 Å². The maximum atomic E-state index is 12.3. The minimum absolute atomic E-state index is 0.151. The number of anilines is 1. The highest BCUT2D eigenvalue weighted by atomic mass is 19.3. The zero-order chi connectivity index (χ0) is 13.7. The van der Waals surface area contributed by atoms with Gasteiger partial charge in [-0.15, -0.1) is 0 Å². The van der Waals surface area contributed by atoms with Crippen LogP contribution in [0.4, 0.5) is 14.6 Å². The summed E-state index contributed by atoms with van der Waals surface area (Å²) in [5.41, 5.74) is 0. The van der Waals surface area contributed by atoms with E-state index in [0.717, 1.165) is 5.82 Å². The van der Waals surface area contributed by atoms with E-state index in [1.807, 2.05) is 6.92 Å². The van der Waals surface area contributed by atoms with Gasteiger partial charge in [0.05, 0.1) is 13.2 Å². The van der Waals surface area contributed by atoms with Gasteiger partial charge in [0.25, 0.3) is 6.43 Å². The summed E-state index contributed by atoms with van der Waals surface area (Å²) >= 11 is 0. The molecule has 19 heavy (non-hydrogen) atoms. The quantitative estimate of drug-likeness (QED) is 0.807. The predicted molar refractivity (Wildman–Crippen MR) is 67.9 cm³/mol. The lowest BCUT2D eigenvalue weighted by Gasteiger charge is -2.35. The Balaban J connectivity index is 1.92. The number of alkyl halides is 2.